The van der Waals surface area contributed by atoms with Crippen LogP contribution in [-0.2, 0) is 0 Å². The summed E-state index contributed by atoms with van der Waals surface area (Å²) < 4.78 is 0. The molecule has 0 spiro atoms. The molecule has 0 amide bonds. The van der Waals surface area contributed by atoms with E-state index in [2.05, 4.69) is 46.6 Å². The predicted molar refractivity (Wildman–Crippen MR) is 102 cm³/mol. The molecule has 0 saturated heterocycles. The summed E-state index contributed by atoms with van der Waals surface area (Å²) in [6.45, 7) is 0.534. The Bertz CT molecular complexity index is 853. The van der Waals surface area contributed by atoms with Crippen LogP contribution >= 0.6 is 12.2 Å². The molecule has 24 heavy (non-hydrogen) atoms. The molecular weight excluding hydrogens is 314 g/mol. The molecular formula is C21H17NOS. The molecule has 0 aliphatic carbocycles. The smallest absolute Gasteiger partial charge is 0.115 e. The first-order valence-electron chi connectivity index (χ1n) is 7.76. The van der Waals surface area contributed by atoms with E-state index in [4.69, 9.17) is 12.2 Å². The van der Waals surface area contributed by atoms with Gasteiger partial charge in [0.05, 0.1) is 11.7 Å². The van der Waals surface area contributed by atoms with E-state index < -0.39 is 0 Å². The van der Waals surface area contributed by atoms with Gasteiger partial charge in [-0.25, -0.2) is 4.99 Å². The predicted octanol–water partition coefficient (Wildman–Crippen LogP) is 5.29. The summed E-state index contributed by atoms with van der Waals surface area (Å²) in [7, 11) is 0. The molecule has 0 aliphatic heterocycles. The first-order chi connectivity index (χ1) is 11.8. The first kappa shape index (κ1) is 16.1. The Labute approximate surface area is 147 Å². The SMILES string of the molecule is Oc1ccc([C@@H](CN=C=S)c2cccc(-c3ccccc3)c2)cc1. The number of hydrogen-bond donors (Lipinski definition) is 1. The van der Waals surface area contributed by atoms with Crippen molar-refractivity contribution in [3.05, 3.63) is 90.0 Å². The van der Waals surface area contributed by atoms with Crippen molar-refractivity contribution in [3.63, 3.8) is 0 Å². The Hall–Kier alpha value is -2.74. The molecule has 0 unspecified atom stereocenters. The maximum Gasteiger partial charge on any atom is 0.115 e. The highest BCUT2D eigenvalue weighted by molar-refractivity contribution is 7.78. The van der Waals surface area contributed by atoms with Crippen molar-refractivity contribution in [1.82, 2.24) is 0 Å². The first-order valence-corrected chi connectivity index (χ1v) is 8.16. The molecule has 0 aliphatic rings. The van der Waals surface area contributed by atoms with Crippen LogP contribution in [0.25, 0.3) is 11.1 Å². The van der Waals surface area contributed by atoms with Gasteiger partial charge in [0.15, 0.2) is 0 Å². The van der Waals surface area contributed by atoms with Crippen LogP contribution < -0.4 is 0 Å². The van der Waals surface area contributed by atoms with Gasteiger partial charge in [0.2, 0.25) is 0 Å². The third-order valence-corrected chi connectivity index (χ3v) is 4.16. The Morgan fingerprint density at radius 3 is 2.25 bits per heavy atom. The van der Waals surface area contributed by atoms with E-state index in [1.54, 1.807) is 12.1 Å². The zero-order valence-corrected chi connectivity index (χ0v) is 13.9. The Morgan fingerprint density at radius 1 is 0.833 bits per heavy atom. The van der Waals surface area contributed by atoms with Crippen molar-refractivity contribution in [2.75, 3.05) is 6.54 Å². The van der Waals surface area contributed by atoms with Gasteiger partial charge in [-0.1, -0.05) is 66.7 Å². The molecule has 118 valence electrons. The molecule has 0 saturated carbocycles. The van der Waals surface area contributed by atoms with Crippen LogP contribution in [0.4, 0.5) is 0 Å². The fraction of sp³-hybridized carbons (Fsp3) is 0.0952. The Morgan fingerprint density at radius 2 is 1.54 bits per heavy atom. The number of benzene rings is 3. The van der Waals surface area contributed by atoms with Crippen molar-refractivity contribution in [2.45, 2.75) is 5.92 Å². The monoisotopic (exact) mass is 331 g/mol. The second-order valence-corrected chi connectivity index (χ2v) is 5.75. The third kappa shape index (κ3) is 3.77. The van der Waals surface area contributed by atoms with Crippen LogP contribution in [0.5, 0.6) is 5.75 Å². The van der Waals surface area contributed by atoms with Crippen LogP contribution in [0.15, 0.2) is 83.9 Å². The van der Waals surface area contributed by atoms with Gasteiger partial charge < -0.3 is 5.11 Å². The van der Waals surface area contributed by atoms with Crippen LogP contribution in [0, 0.1) is 0 Å². The Balaban J connectivity index is 2.01. The van der Waals surface area contributed by atoms with Gasteiger partial charge in [-0.2, -0.15) is 0 Å². The number of thiocarbonyl (C=S) groups is 1. The molecule has 0 bridgehead atoms. The highest BCUT2D eigenvalue weighted by Gasteiger charge is 2.14. The van der Waals surface area contributed by atoms with Gasteiger partial charge >= 0.3 is 0 Å². The number of hydrogen-bond acceptors (Lipinski definition) is 3. The molecule has 3 aromatic rings. The van der Waals surface area contributed by atoms with Gasteiger partial charge in [-0.3, -0.25) is 0 Å². The van der Waals surface area contributed by atoms with Gasteiger partial charge in [-0.05, 0) is 46.6 Å². The zero-order chi connectivity index (χ0) is 16.8. The number of aliphatic imine (C=N–C) groups is 1. The maximum absolute atomic E-state index is 9.53. The summed E-state index contributed by atoms with van der Waals surface area (Å²) in [6, 6.07) is 26.0. The lowest BCUT2D eigenvalue weighted by Gasteiger charge is -2.17. The average molecular weight is 331 g/mol. The molecule has 0 radical (unpaired) electrons. The highest BCUT2D eigenvalue weighted by Crippen LogP contribution is 2.29. The van der Waals surface area contributed by atoms with Crippen molar-refractivity contribution in [2.24, 2.45) is 4.99 Å². The third-order valence-electron chi connectivity index (χ3n) is 4.03. The van der Waals surface area contributed by atoms with E-state index in [0.717, 1.165) is 11.1 Å². The fourth-order valence-electron chi connectivity index (χ4n) is 2.80. The van der Waals surface area contributed by atoms with Gasteiger partial charge in [-0.15, -0.1) is 0 Å². The lowest BCUT2D eigenvalue weighted by atomic mass is 9.89. The zero-order valence-electron chi connectivity index (χ0n) is 13.1. The summed E-state index contributed by atoms with van der Waals surface area (Å²) in [5.74, 6) is 0.332. The molecule has 0 fully saturated rings. The molecule has 2 nitrogen and oxygen atoms in total. The highest BCUT2D eigenvalue weighted by atomic mass is 32.1. The molecule has 3 heteroatoms. The Kier molecular flexibility index (Phi) is 5.17. The molecule has 0 aromatic heterocycles. The summed E-state index contributed by atoms with van der Waals surface area (Å²) in [4.78, 5) is 4.15. The second kappa shape index (κ2) is 7.69. The quantitative estimate of drug-likeness (QED) is 0.509. The number of aromatic hydroxyl groups is 1. The van der Waals surface area contributed by atoms with E-state index in [-0.39, 0.29) is 11.7 Å². The van der Waals surface area contributed by atoms with Crippen molar-refractivity contribution < 1.29 is 5.11 Å². The molecule has 1 atom stereocenters. The van der Waals surface area contributed by atoms with E-state index >= 15 is 0 Å². The number of nitrogens with zero attached hydrogens (tertiary/aromatic N) is 1. The molecule has 3 rings (SSSR count). The average Bonchev–Trinajstić information content (AvgIpc) is 2.64. The minimum absolute atomic E-state index is 0.0738. The normalized spacial score (nSPS) is 11.5. The number of phenolic OH excluding ortho intramolecular Hbond substituents is 1. The summed E-state index contributed by atoms with van der Waals surface area (Å²) in [6.07, 6.45) is 0. The van der Waals surface area contributed by atoms with Crippen LogP contribution in [0.3, 0.4) is 0 Å². The topological polar surface area (TPSA) is 32.6 Å². The van der Waals surface area contributed by atoms with Crippen LogP contribution in [0.1, 0.15) is 17.0 Å². The van der Waals surface area contributed by atoms with E-state index in [9.17, 15) is 5.11 Å². The van der Waals surface area contributed by atoms with Gasteiger partial charge in [0.25, 0.3) is 0 Å². The lowest BCUT2D eigenvalue weighted by molar-refractivity contribution is 0.475. The largest absolute Gasteiger partial charge is 0.508 e. The van der Waals surface area contributed by atoms with Crippen molar-refractivity contribution >= 4 is 17.4 Å². The summed E-state index contributed by atoms with van der Waals surface area (Å²) in [5, 5.41) is 12.0. The summed E-state index contributed by atoms with van der Waals surface area (Å²) >= 11 is 4.74. The second-order valence-electron chi connectivity index (χ2n) is 5.57. The van der Waals surface area contributed by atoms with Crippen LogP contribution in [0.2, 0.25) is 0 Å². The van der Waals surface area contributed by atoms with Crippen molar-refractivity contribution in [1.29, 1.82) is 0 Å². The fourth-order valence-corrected chi connectivity index (χ4v) is 2.88. The minimum Gasteiger partial charge on any atom is -0.508 e. The number of rotatable bonds is 5. The maximum atomic E-state index is 9.53. The van der Waals surface area contributed by atoms with E-state index in [0.29, 0.717) is 6.54 Å². The summed E-state index contributed by atoms with van der Waals surface area (Å²) in [5.41, 5.74) is 4.61. The van der Waals surface area contributed by atoms with E-state index in [1.807, 2.05) is 30.3 Å². The van der Waals surface area contributed by atoms with E-state index in [1.165, 1.54) is 11.1 Å². The van der Waals surface area contributed by atoms with Crippen molar-refractivity contribution in [3.8, 4) is 16.9 Å². The minimum atomic E-state index is 0.0738. The number of isothiocyanates is 1. The lowest BCUT2D eigenvalue weighted by Crippen LogP contribution is -2.05. The molecule has 0 heterocycles. The van der Waals surface area contributed by atoms with Crippen LogP contribution in [-0.4, -0.2) is 16.8 Å². The molecule has 1 N–H and O–H groups in total. The standard InChI is InChI=1S/C21H17NOS/c23-20-11-9-17(10-12-20)21(14-22-15-24)19-8-4-7-18(13-19)16-5-2-1-3-6-16/h1-13,21,23H,14H2/t21-/m1/s1. The molecule has 3 aromatic carbocycles. The number of phenols is 1. The van der Waals surface area contributed by atoms with Gasteiger partial charge in [0.1, 0.15) is 5.75 Å². The van der Waals surface area contributed by atoms with Gasteiger partial charge in [0, 0.05) is 5.92 Å².